The second-order valence-electron chi connectivity index (χ2n) is 9.28. The molecule has 0 bridgehead atoms. The van der Waals surface area contributed by atoms with E-state index in [1.807, 2.05) is 36.4 Å². The summed E-state index contributed by atoms with van der Waals surface area (Å²) in [4.78, 5) is 12.9. The van der Waals surface area contributed by atoms with Crippen LogP contribution in [-0.2, 0) is 11.2 Å². The van der Waals surface area contributed by atoms with E-state index in [-0.39, 0.29) is 17.6 Å². The number of aryl methyl sites for hydroxylation is 1. The van der Waals surface area contributed by atoms with Crippen molar-refractivity contribution in [1.29, 1.82) is 0 Å². The van der Waals surface area contributed by atoms with Crippen LogP contribution in [-0.4, -0.2) is 17.6 Å². The zero-order valence-corrected chi connectivity index (χ0v) is 18.6. The van der Waals surface area contributed by atoms with E-state index >= 15 is 0 Å². The molecule has 2 aliphatic carbocycles. The number of fused-ring (bicyclic) bond motifs is 1. The van der Waals surface area contributed by atoms with Gasteiger partial charge in [0.15, 0.2) is 0 Å². The number of benzene rings is 2. The molecule has 1 N–H and O–H groups in total. The Kier molecular flexibility index (Phi) is 5.83. The SMILES string of the molecule is O=C(CCc1ccccc1OC1CCCC1)NC1CC2(CCC2)Oc2ccc(Cl)cc21. The largest absolute Gasteiger partial charge is 0.490 e. The minimum Gasteiger partial charge on any atom is -0.490 e. The van der Waals surface area contributed by atoms with Gasteiger partial charge in [0.2, 0.25) is 5.91 Å². The number of carbonyl (C=O) groups is 1. The van der Waals surface area contributed by atoms with Gasteiger partial charge in [0.05, 0.1) is 12.1 Å². The number of hydrogen-bond donors (Lipinski definition) is 1. The minimum absolute atomic E-state index is 0.0553. The summed E-state index contributed by atoms with van der Waals surface area (Å²) in [7, 11) is 0. The van der Waals surface area contributed by atoms with Gasteiger partial charge in [0, 0.05) is 23.4 Å². The van der Waals surface area contributed by atoms with Crippen LogP contribution in [0, 0.1) is 0 Å². The molecule has 31 heavy (non-hydrogen) atoms. The van der Waals surface area contributed by atoms with Gasteiger partial charge in [-0.3, -0.25) is 4.79 Å². The van der Waals surface area contributed by atoms with Gasteiger partial charge in [0.25, 0.3) is 0 Å². The number of halogens is 1. The van der Waals surface area contributed by atoms with Gasteiger partial charge in [-0.15, -0.1) is 0 Å². The van der Waals surface area contributed by atoms with Crippen LogP contribution in [0.15, 0.2) is 42.5 Å². The first kappa shape index (κ1) is 20.7. The van der Waals surface area contributed by atoms with Crippen molar-refractivity contribution in [3.8, 4) is 11.5 Å². The standard InChI is InChI=1S/C26H30ClNO3/c27-19-11-12-24-21(16-19)22(17-26(31-24)14-5-15-26)28-25(29)13-10-18-6-1-4-9-23(18)30-20-7-2-3-8-20/h1,4,6,9,11-12,16,20,22H,2-3,5,7-8,10,13-15,17H2,(H,28,29). The summed E-state index contributed by atoms with van der Waals surface area (Å²) in [5.74, 6) is 1.85. The second-order valence-corrected chi connectivity index (χ2v) is 9.71. The number of carbonyl (C=O) groups excluding carboxylic acids is 1. The van der Waals surface area contributed by atoms with E-state index < -0.39 is 0 Å². The summed E-state index contributed by atoms with van der Waals surface area (Å²) in [5.41, 5.74) is 1.97. The van der Waals surface area contributed by atoms with E-state index in [0.29, 0.717) is 24.0 Å². The van der Waals surface area contributed by atoms with Crippen molar-refractivity contribution in [1.82, 2.24) is 5.32 Å². The van der Waals surface area contributed by atoms with Crippen LogP contribution >= 0.6 is 11.6 Å². The third kappa shape index (κ3) is 4.55. The van der Waals surface area contributed by atoms with Gasteiger partial charge in [-0.05, 0) is 81.2 Å². The lowest BCUT2D eigenvalue weighted by Crippen LogP contribution is -2.49. The van der Waals surface area contributed by atoms with Gasteiger partial charge >= 0.3 is 0 Å². The average molecular weight is 440 g/mol. The zero-order chi connectivity index (χ0) is 21.3. The molecule has 1 atom stereocenters. The highest BCUT2D eigenvalue weighted by molar-refractivity contribution is 6.30. The van der Waals surface area contributed by atoms with Gasteiger partial charge in [-0.25, -0.2) is 0 Å². The van der Waals surface area contributed by atoms with Crippen molar-refractivity contribution < 1.29 is 14.3 Å². The van der Waals surface area contributed by atoms with Crippen LogP contribution in [0.1, 0.15) is 75.0 Å². The van der Waals surface area contributed by atoms with Crippen molar-refractivity contribution in [3.63, 3.8) is 0 Å². The number of hydrogen-bond acceptors (Lipinski definition) is 3. The molecule has 1 amide bonds. The minimum atomic E-state index is -0.125. The van der Waals surface area contributed by atoms with Crippen LogP contribution in [0.2, 0.25) is 5.02 Å². The topological polar surface area (TPSA) is 47.6 Å². The highest BCUT2D eigenvalue weighted by atomic mass is 35.5. The molecule has 5 heteroatoms. The molecule has 2 saturated carbocycles. The molecule has 1 spiro atoms. The number of para-hydroxylation sites is 1. The fourth-order valence-electron chi connectivity index (χ4n) is 5.17. The molecule has 2 aromatic rings. The second kappa shape index (κ2) is 8.74. The Balaban J connectivity index is 1.24. The number of amides is 1. The Labute approximate surface area is 189 Å². The van der Waals surface area contributed by atoms with E-state index in [1.54, 1.807) is 0 Å². The Bertz CT molecular complexity index is 949. The fraction of sp³-hybridized carbons (Fsp3) is 0.500. The molecule has 164 valence electrons. The van der Waals surface area contributed by atoms with E-state index in [2.05, 4.69) is 11.4 Å². The van der Waals surface area contributed by atoms with E-state index in [4.69, 9.17) is 21.1 Å². The maximum Gasteiger partial charge on any atom is 0.220 e. The highest BCUT2D eigenvalue weighted by Gasteiger charge is 2.45. The fourth-order valence-corrected chi connectivity index (χ4v) is 5.35. The van der Waals surface area contributed by atoms with Crippen LogP contribution in [0.4, 0.5) is 0 Å². The van der Waals surface area contributed by atoms with Crippen molar-refractivity contribution >= 4 is 17.5 Å². The first-order chi connectivity index (χ1) is 15.1. The molecular formula is C26H30ClNO3. The van der Waals surface area contributed by atoms with E-state index in [9.17, 15) is 4.79 Å². The molecule has 2 aromatic carbocycles. The smallest absolute Gasteiger partial charge is 0.220 e. The molecule has 1 unspecified atom stereocenters. The maximum absolute atomic E-state index is 12.9. The lowest BCUT2D eigenvalue weighted by atomic mass is 9.73. The Morgan fingerprint density at radius 2 is 1.94 bits per heavy atom. The van der Waals surface area contributed by atoms with Crippen molar-refractivity contribution in [3.05, 3.63) is 58.6 Å². The third-order valence-electron chi connectivity index (χ3n) is 7.04. The molecule has 4 nitrogen and oxygen atoms in total. The summed E-state index contributed by atoms with van der Waals surface area (Å²) >= 11 is 6.24. The molecule has 1 heterocycles. The van der Waals surface area contributed by atoms with Crippen molar-refractivity contribution in [2.45, 2.75) is 82.0 Å². The molecule has 1 aliphatic heterocycles. The molecule has 0 saturated heterocycles. The van der Waals surface area contributed by atoms with E-state index in [0.717, 1.165) is 54.7 Å². The average Bonchev–Trinajstić information content (AvgIpc) is 3.25. The number of rotatable bonds is 6. The lowest BCUT2D eigenvalue weighted by Gasteiger charge is -2.48. The maximum atomic E-state index is 12.9. The van der Waals surface area contributed by atoms with Crippen LogP contribution in [0.3, 0.4) is 0 Å². The molecule has 0 aromatic heterocycles. The van der Waals surface area contributed by atoms with Crippen LogP contribution in [0.25, 0.3) is 0 Å². The normalized spacial score (nSPS) is 21.8. The Morgan fingerprint density at radius 3 is 2.71 bits per heavy atom. The summed E-state index contributed by atoms with van der Waals surface area (Å²) in [6, 6.07) is 13.8. The summed E-state index contributed by atoms with van der Waals surface area (Å²) in [6.07, 6.45) is 10.3. The first-order valence-corrected chi connectivity index (χ1v) is 12.0. The Hall–Kier alpha value is -2.20. The number of ether oxygens (including phenoxy) is 2. The van der Waals surface area contributed by atoms with Gasteiger partial charge in [-0.1, -0.05) is 29.8 Å². The van der Waals surface area contributed by atoms with E-state index in [1.165, 1.54) is 19.3 Å². The van der Waals surface area contributed by atoms with Gasteiger partial charge in [-0.2, -0.15) is 0 Å². The first-order valence-electron chi connectivity index (χ1n) is 11.6. The van der Waals surface area contributed by atoms with Crippen molar-refractivity contribution in [2.24, 2.45) is 0 Å². The quantitative estimate of drug-likeness (QED) is 0.586. The molecule has 5 rings (SSSR count). The summed E-state index contributed by atoms with van der Waals surface area (Å²) in [6.45, 7) is 0. The van der Waals surface area contributed by atoms with Crippen LogP contribution in [0.5, 0.6) is 11.5 Å². The predicted molar refractivity (Wildman–Crippen MR) is 122 cm³/mol. The molecule has 0 radical (unpaired) electrons. The molecule has 2 fully saturated rings. The molecular weight excluding hydrogens is 410 g/mol. The van der Waals surface area contributed by atoms with Crippen LogP contribution < -0.4 is 14.8 Å². The zero-order valence-electron chi connectivity index (χ0n) is 17.9. The predicted octanol–water partition coefficient (Wildman–Crippen LogP) is 6.16. The number of nitrogens with one attached hydrogen (secondary N) is 1. The monoisotopic (exact) mass is 439 g/mol. The highest BCUT2D eigenvalue weighted by Crippen LogP contribution is 2.49. The molecule has 3 aliphatic rings. The van der Waals surface area contributed by atoms with Gasteiger partial charge < -0.3 is 14.8 Å². The lowest BCUT2D eigenvalue weighted by molar-refractivity contribution is -0.123. The summed E-state index contributed by atoms with van der Waals surface area (Å²) < 4.78 is 12.5. The Morgan fingerprint density at radius 1 is 1.13 bits per heavy atom. The van der Waals surface area contributed by atoms with Gasteiger partial charge in [0.1, 0.15) is 17.1 Å². The van der Waals surface area contributed by atoms with Crippen molar-refractivity contribution in [2.75, 3.05) is 0 Å². The third-order valence-corrected chi connectivity index (χ3v) is 7.27. The summed E-state index contributed by atoms with van der Waals surface area (Å²) in [5, 5.41) is 3.94.